The third kappa shape index (κ3) is 6.24. The van der Waals surface area contributed by atoms with Gasteiger partial charge in [0.2, 0.25) is 5.91 Å². The third-order valence-electron chi connectivity index (χ3n) is 3.49. The highest BCUT2D eigenvalue weighted by molar-refractivity contribution is 9.10. The van der Waals surface area contributed by atoms with E-state index in [-0.39, 0.29) is 17.5 Å². The maximum Gasteiger partial charge on any atom is 0.305 e. The number of ether oxygens (including phenoxy) is 2. The van der Waals surface area contributed by atoms with Crippen LogP contribution in [0.25, 0.3) is 0 Å². The van der Waals surface area contributed by atoms with Gasteiger partial charge in [-0.2, -0.15) is 5.10 Å². The molecule has 0 aromatic heterocycles. The molecule has 1 heterocycles. The molecule has 27 heavy (non-hydrogen) atoms. The molecule has 146 valence electrons. The van der Waals surface area contributed by atoms with Gasteiger partial charge in [-0.05, 0) is 40.0 Å². The first-order valence-electron chi connectivity index (χ1n) is 8.25. The summed E-state index contributed by atoms with van der Waals surface area (Å²) in [4.78, 5) is 22.4. The first-order chi connectivity index (χ1) is 12.9. The van der Waals surface area contributed by atoms with E-state index in [1.807, 2.05) is 6.07 Å². The molecular formula is C17H20BrN3O5S. The van der Waals surface area contributed by atoms with E-state index in [2.05, 4.69) is 38.4 Å². The van der Waals surface area contributed by atoms with E-state index in [0.717, 1.165) is 34.6 Å². The number of amidine groups is 1. The summed E-state index contributed by atoms with van der Waals surface area (Å²) in [6, 6.07) is 3.59. The van der Waals surface area contributed by atoms with Crippen LogP contribution in [-0.2, 0) is 9.59 Å². The van der Waals surface area contributed by atoms with E-state index in [1.54, 1.807) is 13.2 Å². The number of aliphatic carboxylic acids is 1. The van der Waals surface area contributed by atoms with Gasteiger partial charge in [-0.3, -0.25) is 9.59 Å². The van der Waals surface area contributed by atoms with Crippen LogP contribution in [0.1, 0.15) is 31.7 Å². The Hall–Kier alpha value is -2.07. The number of nitrogens with zero attached hydrogens (tertiary/aromatic N) is 2. The molecule has 0 bridgehead atoms. The maximum absolute atomic E-state index is 11.7. The number of hydrogen-bond acceptors (Lipinski definition) is 7. The van der Waals surface area contributed by atoms with Crippen molar-refractivity contribution < 1.29 is 24.2 Å². The van der Waals surface area contributed by atoms with Crippen LogP contribution >= 0.6 is 27.7 Å². The number of halogens is 1. The van der Waals surface area contributed by atoms with Crippen molar-refractivity contribution in [2.45, 2.75) is 31.4 Å². The van der Waals surface area contributed by atoms with Gasteiger partial charge in [-0.25, -0.2) is 0 Å². The summed E-state index contributed by atoms with van der Waals surface area (Å²) in [7, 11) is 1.56. The predicted octanol–water partition coefficient (Wildman–Crippen LogP) is 3.03. The average molecular weight is 458 g/mol. The molecule has 10 heteroatoms. The van der Waals surface area contributed by atoms with Crippen molar-refractivity contribution in [2.24, 2.45) is 10.2 Å². The van der Waals surface area contributed by atoms with Gasteiger partial charge >= 0.3 is 5.97 Å². The Kier molecular flexibility index (Phi) is 8.11. The summed E-state index contributed by atoms with van der Waals surface area (Å²) in [5.41, 5.74) is 0.724. The van der Waals surface area contributed by atoms with Gasteiger partial charge in [0.05, 0.1) is 30.8 Å². The number of thioether (sulfide) groups is 1. The zero-order valence-corrected chi connectivity index (χ0v) is 17.3. The molecule has 1 fully saturated rings. The smallest absolute Gasteiger partial charge is 0.305 e. The summed E-state index contributed by atoms with van der Waals surface area (Å²) >= 11 is 4.52. The molecule has 2 rings (SSSR count). The second-order valence-electron chi connectivity index (χ2n) is 5.58. The van der Waals surface area contributed by atoms with Gasteiger partial charge in [0, 0.05) is 0 Å². The summed E-state index contributed by atoms with van der Waals surface area (Å²) in [6.45, 7) is 2.69. The first kappa shape index (κ1) is 21.2. The molecule has 0 saturated carbocycles. The number of methoxy groups -OCH3 is 1. The standard InChI is InChI=1S/C17H20BrN3O5S/c1-3-4-5-26-15-11(18)6-10(7-12(15)25-2)9-19-21-17-20-16(24)13(27-17)8-14(22)23/h6-7,9,13H,3-5,8H2,1-2H3,(H,22,23)(H,20,21,24). The van der Waals surface area contributed by atoms with Crippen LogP contribution in [0.2, 0.25) is 0 Å². The van der Waals surface area contributed by atoms with Crippen LogP contribution in [0.5, 0.6) is 11.5 Å². The van der Waals surface area contributed by atoms with Crippen LogP contribution in [0.4, 0.5) is 0 Å². The first-order valence-corrected chi connectivity index (χ1v) is 9.92. The summed E-state index contributed by atoms with van der Waals surface area (Å²) < 4.78 is 11.9. The number of carboxylic acids is 1. The Morgan fingerprint density at radius 3 is 2.93 bits per heavy atom. The summed E-state index contributed by atoms with van der Waals surface area (Å²) in [6.07, 6.45) is 3.23. The van der Waals surface area contributed by atoms with Gasteiger partial charge < -0.3 is 19.9 Å². The predicted molar refractivity (Wildman–Crippen MR) is 108 cm³/mol. The van der Waals surface area contributed by atoms with Gasteiger partial charge in [-0.15, -0.1) is 5.10 Å². The monoisotopic (exact) mass is 457 g/mol. The zero-order chi connectivity index (χ0) is 19.8. The molecule has 1 saturated heterocycles. The SMILES string of the molecule is CCCCOc1c(Br)cc(C=NN=C2NC(=O)C(CC(=O)O)S2)cc1OC. The Labute approximate surface area is 169 Å². The lowest BCUT2D eigenvalue weighted by Gasteiger charge is -2.13. The van der Waals surface area contributed by atoms with E-state index in [1.165, 1.54) is 6.21 Å². The molecule has 0 radical (unpaired) electrons. The minimum Gasteiger partial charge on any atom is -0.493 e. The molecule has 1 atom stereocenters. The number of carboxylic acid groups (broad SMARTS) is 1. The topological polar surface area (TPSA) is 110 Å². The van der Waals surface area contributed by atoms with Gasteiger partial charge in [0.25, 0.3) is 0 Å². The molecule has 0 spiro atoms. The lowest BCUT2D eigenvalue weighted by Crippen LogP contribution is -2.26. The van der Waals surface area contributed by atoms with Crippen molar-refractivity contribution in [3.05, 3.63) is 22.2 Å². The highest BCUT2D eigenvalue weighted by atomic mass is 79.9. The maximum atomic E-state index is 11.7. The highest BCUT2D eigenvalue weighted by Gasteiger charge is 2.32. The molecule has 1 aromatic rings. The summed E-state index contributed by atoms with van der Waals surface area (Å²) in [5, 5.41) is 18.8. The number of rotatable bonds is 9. The minimum atomic E-state index is -1.04. The van der Waals surface area contributed by atoms with E-state index >= 15 is 0 Å². The van der Waals surface area contributed by atoms with Crippen molar-refractivity contribution in [1.82, 2.24) is 5.32 Å². The Morgan fingerprint density at radius 1 is 1.48 bits per heavy atom. The van der Waals surface area contributed by atoms with Crippen molar-refractivity contribution in [3.63, 3.8) is 0 Å². The largest absolute Gasteiger partial charge is 0.493 e. The molecule has 1 aliphatic rings. The second kappa shape index (κ2) is 10.3. The lowest BCUT2D eigenvalue weighted by molar-refractivity contribution is -0.138. The van der Waals surface area contributed by atoms with Crippen LogP contribution < -0.4 is 14.8 Å². The van der Waals surface area contributed by atoms with Gasteiger partial charge in [-0.1, -0.05) is 25.1 Å². The number of hydrogen-bond donors (Lipinski definition) is 2. The number of carbonyl (C=O) groups is 2. The van der Waals surface area contributed by atoms with Gasteiger partial charge in [0.15, 0.2) is 16.7 Å². The van der Waals surface area contributed by atoms with Crippen LogP contribution in [0.3, 0.4) is 0 Å². The Morgan fingerprint density at radius 2 is 2.26 bits per heavy atom. The van der Waals surface area contributed by atoms with Crippen molar-refractivity contribution >= 4 is 51.0 Å². The number of benzene rings is 1. The normalized spacial score (nSPS) is 18.1. The highest BCUT2D eigenvalue weighted by Crippen LogP contribution is 2.36. The van der Waals surface area contributed by atoms with E-state index in [0.29, 0.717) is 18.1 Å². The fourth-order valence-electron chi connectivity index (χ4n) is 2.17. The van der Waals surface area contributed by atoms with E-state index in [4.69, 9.17) is 14.6 Å². The quantitative estimate of drug-likeness (QED) is 0.335. The van der Waals surface area contributed by atoms with Crippen LogP contribution in [0.15, 0.2) is 26.8 Å². The Balaban J connectivity index is 2.07. The zero-order valence-electron chi connectivity index (χ0n) is 14.9. The van der Waals surface area contributed by atoms with Crippen LogP contribution in [-0.4, -0.2) is 47.3 Å². The fraction of sp³-hybridized carbons (Fsp3) is 0.412. The van der Waals surface area contributed by atoms with Crippen molar-refractivity contribution in [1.29, 1.82) is 0 Å². The molecule has 2 N–H and O–H groups in total. The fourth-order valence-corrected chi connectivity index (χ4v) is 3.66. The molecule has 0 aliphatic carbocycles. The summed E-state index contributed by atoms with van der Waals surface area (Å²) in [5.74, 6) is -0.218. The van der Waals surface area contributed by atoms with E-state index in [9.17, 15) is 9.59 Å². The molecule has 8 nitrogen and oxygen atoms in total. The number of carbonyl (C=O) groups excluding carboxylic acids is 1. The van der Waals surface area contributed by atoms with Crippen molar-refractivity contribution in [2.75, 3.05) is 13.7 Å². The second-order valence-corrected chi connectivity index (χ2v) is 7.63. The molecular weight excluding hydrogens is 438 g/mol. The molecule has 1 unspecified atom stereocenters. The Bertz CT molecular complexity index is 769. The van der Waals surface area contributed by atoms with Crippen LogP contribution in [0, 0.1) is 0 Å². The lowest BCUT2D eigenvalue weighted by atomic mass is 10.2. The van der Waals surface area contributed by atoms with Gasteiger partial charge in [0.1, 0.15) is 5.25 Å². The number of nitrogens with one attached hydrogen (secondary N) is 1. The third-order valence-corrected chi connectivity index (χ3v) is 5.15. The van der Waals surface area contributed by atoms with E-state index < -0.39 is 11.2 Å². The molecule has 1 amide bonds. The number of unbranched alkanes of at least 4 members (excludes halogenated alkanes) is 1. The average Bonchev–Trinajstić information content (AvgIpc) is 2.95. The van der Waals surface area contributed by atoms with Crippen molar-refractivity contribution in [3.8, 4) is 11.5 Å². The number of amides is 1. The molecule has 1 aliphatic heterocycles. The molecule has 1 aromatic carbocycles. The minimum absolute atomic E-state index is 0.261.